The summed E-state index contributed by atoms with van der Waals surface area (Å²) in [6, 6.07) is 19.4. The molecule has 0 radical (unpaired) electrons. The summed E-state index contributed by atoms with van der Waals surface area (Å²) in [7, 11) is 0. The lowest BCUT2D eigenvalue weighted by atomic mass is 10.1. The third-order valence-corrected chi connectivity index (χ3v) is 11.6. The molecule has 4 aromatic heterocycles. The van der Waals surface area contributed by atoms with Gasteiger partial charge in [0, 0.05) is 86.8 Å². The van der Waals surface area contributed by atoms with Crippen LogP contribution in [0.25, 0.3) is 0 Å². The monoisotopic (exact) mass is 952 g/mol. The predicted octanol–water partition coefficient (Wildman–Crippen LogP) is 14.0. The first-order valence-corrected chi connectivity index (χ1v) is 22.5. The highest BCUT2D eigenvalue weighted by Crippen LogP contribution is 2.37. The Bertz CT molecular complexity index is 2020. The van der Waals surface area contributed by atoms with E-state index >= 15 is 0 Å². The zero-order valence-electron chi connectivity index (χ0n) is 31.2. The number of aryl methyl sites for hydroxylation is 2. The van der Waals surface area contributed by atoms with Crippen LogP contribution in [0.15, 0.2) is 106 Å². The molecular weight excluding hydrogens is 909 g/mol. The van der Waals surface area contributed by atoms with E-state index in [1.807, 2.05) is 61.2 Å². The van der Waals surface area contributed by atoms with Gasteiger partial charge in [-0.1, -0.05) is 122 Å². The number of nitrogens with zero attached hydrogens (tertiary/aromatic N) is 6. The van der Waals surface area contributed by atoms with Crippen molar-refractivity contribution in [2.75, 3.05) is 3.76 Å². The molecule has 0 spiro atoms. The molecule has 13 heteroatoms. The second kappa shape index (κ2) is 22.5. The van der Waals surface area contributed by atoms with Gasteiger partial charge in [-0.2, -0.15) is 0 Å². The summed E-state index contributed by atoms with van der Waals surface area (Å²) < 4.78 is 5.54. The van der Waals surface area contributed by atoms with Gasteiger partial charge in [-0.25, -0.2) is 9.97 Å². The van der Waals surface area contributed by atoms with E-state index in [0.29, 0.717) is 31.9 Å². The predicted molar refractivity (Wildman–Crippen MR) is 240 cm³/mol. The Balaban J connectivity index is 0.000000199. The number of halogens is 5. The number of thioether (sulfide) groups is 1. The van der Waals surface area contributed by atoms with Crippen LogP contribution in [0.5, 0.6) is 0 Å². The van der Waals surface area contributed by atoms with Crippen LogP contribution in [0.2, 0.25) is 20.1 Å². The average molecular weight is 955 g/mol. The van der Waals surface area contributed by atoms with Gasteiger partial charge >= 0.3 is 0 Å². The molecule has 286 valence electrons. The van der Waals surface area contributed by atoms with Gasteiger partial charge in [0.05, 0.1) is 15.1 Å². The fraction of sp³-hybridized carbons (Fsp3) is 0.317. The quantitative estimate of drug-likeness (QED) is 0.0692. The van der Waals surface area contributed by atoms with Gasteiger partial charge in [-0.05, 0) is 83.6 Å². The SMILES string of the molecule is CCc1nc(C(C)C)c(Sc2cc(Cl)cc(Cl)c2)n1Cc1ccncc1.CCc1nc(C(C)C)cn1Cc1ccncc1.Clc1cc(Cl)cc(SCI)c1. The van der Waals surface area contributed by atoms with Crippen LogP contribution in [0.1, 0.15) is 87.5 Å². The molecule has 0 bridgehead atoms. The number of alkyl halides is 1. The number of hydrogen-bond donors (Lipinski definition) is 0. The first kappa shape index (κ1) is 44.5. The van der Waals surface area contributed by atoms with E-state index in [2.05, 4.69) is 107 Å². The van der Waals surface area contributed by atoms with Gasteiger partial charge in [0.15, 0.2) is 0 Å². The maximum Gasteiger partial charge on any atom is 0.109 e. The van der Waals surface area contributed by atoms with Gasteiger partial charge < -0.3 is 9.13 Å². The molecular formula is C41H45Cl4IN6S2. The molecule has 6 nitrogen and oxygen atoms in total. The summed E-state index contributed by atoms with van der Waals surface area (Å²) in [6.45, 7) is 14.6. The van der Waals surface area contributed by atoms with Crippen LogP contribution in [0, 0.1) is 0 Å². The minimum Gasteiger partial charge on any atom is -0.330 e. The number of hydrogen-bond acceptors (Lipinski definition) is 6. The van der Waals surface area contributed by atoms with Crippen molar-refractivity contribution in [3.63, 3.8) is 0 Å². The summed E-state index contributed by atoms with van der Waals surface area (Å²) in [4.78, 5) is 19.9. The number of benzene rings is 2. The van der Waals surface area contributed by atoms with Crippen LogP contribution in [-0.2, 0) is 25.9 Å². The van der Waals surface area contributed by atoms with E-state index < -0.39 is 0 Å². The van der Waals surface area contributed by atoms with Crippen molar-refractivity contribution in [3.8, 4) is 0 Å². The third-order valence-electron chi connectivity index (χ3n) is 7.97. The van der Waals surface area contributed by atoms with Gasteiger partial charge in [-0.3, -0.25) is 9.97 Å². The lowest BCUT2D eigenvalue weighted by Crippen LogP contribution is -2.06. The van der Waals surface area contributed by atoms with E-state index in [9.17, 15) is 0 Å². The molecule has 6 rings (SSSR count). The molecule has 6 aromatic rings. The maximum absolute atomic E-state index is 6.19. The van der Waals surface area contributed by atoms with Crippen LogP contribution < -0.4 is 0 Å². The topological polar surface area (TPSA) is 61.4 Å². The number of rotatable bonds is 12. The Kier molecular flexibility index (Phi) is 18.5. The largest absolute Gasteiger partial charge is 0.330 e. The van der Waals surface area contributed by atoms with Crippen molar-refractivity contribution >= 4 is 92.5 Å². The minimum absolute atomic E-state index is 0.330. The highest BCUT2D eigenvalue weighted by molar-refractivity contribution is 14.1. The van der Waals surface area contributed by atoms with Crippen molar-refractivity contribution in [2.24, 2.45) is 0 Å². The van der Waals surface area contributed by atoms with E-state index in [1.165, 1.54) is 16.8 Å². The second-order valence-electron chi connectivity index (χ2n) is 12.8. The molecule has 0 saturated carbocycles. The van der Waals surface area contributed by atoms with Gasteiger partial charge in [-0.15, -0.1) is 11.8 Å². The molecule has 54 heavy (non-hydrogen) atoms. The summed E-state index contributed by atoms with van der Waals surface area (Å²) in [5.74, 6) is 3.06. The Morgan fingerprint density at radius 1 is 0.648 bits per heavy atom. The van der Waals surface area contributed by atoms with E-state index in [1.54, 1.807) is 35.7 Å². The highest BCUT2D eigenvalue weighted by atomic mass is 127. The Morgan fingerprint density at radius 2 is 1.15 bits per heavy atom. The van der Waals surface area contributed by atoms with Gasteiger partial charge in [0.1, 0.15) is 16.7 Å². The second-order valence-corrected chi connectivity index (χ2v) is 18.5. The zero-order chi connectivity index (χ0) is 39.2. The van der Waals surface area contributed by atoms with E-state index in [4.69, 9.17) is 51.4 Å². The smallest absolute Gasteiger partial charge is 0.109 e. The van der Waals surface area contributed by atoms with Gasteiger partial charge in [0.2, 0.25) is 0 Å². The lowest BCUT2D eigenvalue weighted by molar-refractivity contribution is 0.672. The first-order valence-electron chi connectivity index (χ1n) is 17.6. The molecule has 2 aromatic carbocycles. The molecule has 4 heterocycles. The van der Waals surface area contributed by atoms with Crippen LogP contribution >= 0.6 is 92.5 Å². The van der Waals surface area contributed by atoms with Gasteiger partial charge in [0.25, 0.3) is 0 Å². The number of imidazole rings is 2. The summed E-state index contributed by atoms with van der Waals surface area (Å²) in [5.41, 5.74) is 4.75. The van der Waals surface area contributed by atoms with Crippen LogP contribution in [-0.4, -0.2) is 32.8 Å². The summed E-state index contributed by atoms with van der Waals surface area (Å²) >= 11 is 29.6. The van der Waals surface area contributed by atoms with Crippen molar-refractivity contribution in [2.45, 2.75) is 94.1 Å². The van der Waals surface area contributed by atoms with Crippen LogP contribution in [0.4, 0.5) is 0 Å². The maximum atomic E-state index is 6.19. The fourth-order valence-corrected chi connectivity index (χ4v) is 9.52. The molecule has 0 saturated heterocycles. The zero-order valence-corrected chi connectivity index (χ0v) is 38.1. The van der Waals surface area contributed by atoms with Crippen molar-refractivity contribution in [3.05, 3.63) is 146 Å². The number of pyridine rings is 2. The van der Waals surface area contributed by atoms with Crippen molar-refractivity contribution < 1.29 is 0 Å². The molecule has 0 fully saturated rings. The van der Waals surface area contributed by atoms with Crippen molar-refractivity contribution in [1.82, 2.24) is 29.1 Å². The highest BCUT2D eigenvalue weighted by Gasteiger charge is 2.20. The summed E-state index contributed by atoms with van der Waals surface area (Å²) in [6.07, 6.45) is 11.3. The third kappa shape index (κ3) is 13.7. The van der Waals surface area contributed by atoms with Crippen molar-refractivity contribution in [1.29, 1.82) is 0 Å². The first-order chi connectivity index (χ1) is 25.9. The molecule has 0 aliphatic rings. The normalized spacial score (nSPS) is 11.0. The average Bonchev–Trinajstić information content (AvgIpc) is 3.70. The molecule has 0 aliphatic heterocycles. The minimum atomic E-state index is 0.330. The van der Waals surface area contributed by atoms with E-state index in [-0.39, 0.29) is 0 Å². The Morgan fingerprint density at radius 3 is 1.61 bits per heavy atom. The molecule has 0 amide bonds. The Hall–Kier alpha value is -2.25. The van der Waals surface area contributed by atoms with E-state index in [0.717, 1.165) is 61.9 Å². The Labute approximate surface area is 362 Å². The fourth-order valence-electron chi connectivity index (χ4n) is 5.32. The molecule has 0 unspecified atom stereocenters. The lowest BCUT2D eigenvalue weighted by Gasteiger charge is -2.13. The van der Waals surface area contributed by atoms with Crippen LogP contribution in [0.3, 0.4) is 0 Å². The standard InChI is InChI=1S/C20H21Cl2N3S.C14H19N3.C7H5Cl2IS/c1-4-18-24-19(13(2)3)20(25(18)12-14-5-7-23-8-6-14)26-17-10-15(21)9-16(22)11-17;1-4-14-16-13(11(2)3)10-17(14)9-12-5-7-15-8-6-12;8-5-1-6(9)3-7(2-5)11-4-10/h5-11,13H,4,12H2,1-3H3;5-8,10-11H,4,9H2,1-3H3;1-3H,4H2. The summed E-state index contributed by atoms with van der Waals surface area (Å²) in [5, 5.41) is 3.82. The molecule has 0 atom stereocenters. The molecule has 0 aliphatic carbocycles. The number of aromatic nitrogens is 6. The molecule has 0 N–H and O–H groups in total.